The van der Waals surface area contributed by atoms with Crippen LogP contribution < -0.4 is 5.32 Å². The van der Waals surface area contributed by atoms with E-state index in [-0.39, 0.29) is 11.8 Å². The summed E-state index contributed by atoms with van der Waals surface area (Å²) in [6.07, 6.45) is 1.65. The highest BCUT2D eigenvalue weighted by Crippen LogP contribution is 2.22. The summed E-state index contributed by atoms with van der Waals surface area (Å²) in [7, 11) is 1.88. The Kier molecular flexibility index (Phi) is 4.09. The van der Waals surface area contributed by atoms with Gasteiger partial charge in [-0.15, -0.1) is 21.8 Å². The van der Waals surface area contributed by atoms with Gasteiger partial charge in [0.1, 0.15) is 6.33 Å². The molecule has 0 saturated carbocycles. The van der Waals surface area contributed by atoms with E-state index in [1.807, 2.05) is 49.7 Å². The first-order chi connectivity index (χ1) is 9.44. The largest absolute Gasteiger partial charge is 0.326 e. The van der Waals surface area contributed by atoms with E-state index in [4.69, 9.17) is 11.6 Å². The van der Waals surface area contributed by atoms with Crippen molar-refractivity contribution in [1.82, 2.24) is 14.8 Å². The summed E-state index contributed by atoms with van der Waals surface area (Å²) in [5.74, 6) is 0.957. The van der Waals surface area contributed by atoms with Crippen LogP contribution in [-0.2, 0) is 11.8 Å². The SMILES string of the molecule is Cn1cnnc1-c1ccc(NC(=O)C(C)(C)CCl)cc1. The van der Waals surface area contributed by atoms with Crippen LogP contribution in [0.25, 0.3) is 11.4 Å². The Labute approximate surface area is 123 Å². The molecule has 2 aromatic rings. The molecular formula is C14H17ClN4O. The zero-order chi connectivity index (χ0) is 14.8. The van der Waals surface area contributed by atoms with E-state index in [1.165, 1.54) is 0 Å². The van der Waals surface area contributed by atoms with Crippen molar-refractivity contribution < 1.29 is 4.79 Å². The Hall–Kier alpha value is -1.88. The van der Waals surface area contributed by atoms with Crippen LogP contribution in [0.4, 0.5) is 5.69 Å². The second-order valence-corrected chi connectivity index (χ2v) is 5.58. The van der Waals surface area contributed by atoms with Crippen LogP contribution in [-0.4, -0.2) is 26.6 Å². The Morgan fingerprint density at radius 2 is 2.00 bits per heavy atom. The Bertz CT molecular complexity index is 604. The lowest BCUT2D eigenvalue weighted by Gasteiger charge is -2.20. The van der Waals surface area contributed by atoms with E-state index in [9.17, 15) is 4.79 Å². The van der Waals surface area contributed by atoms with Gasteiger partial charge in [0.2, 0.25) is 5.91 Å². The third kappa shape index (κ3) is 2.99. The summed E-state index contributed by atoms with van der Waals surface area (Å²) in [5.41, 5.74) is 1.09. The second kappa shape index (κ2) is 5.63. The maximum absolute atomic E-state index is 12.0. The number of carbonyl (C=O) groups excluding carboxylic acids is 1. The summed E-state index contributed by atoms with van der Waals surface area (Å²) in [4.78, 5) is 12.0. The molecule has 0 unspecified atom stereocenters. The van der Waals surface area contributed by atoms with Crippen LogP contribution >= 0.6 is 11.6 Å². The summed E-state index contributed by atoms with van der Waals surface area (Å²) in [6, 6.07) is 7.47. The monoisotopic (exact) mass is 292 g/mol. The third-order valence-electron chi connectivity index (χ3n) is 3.06. The number of aromatic nitrogens is 3. The van der Waals surface area contributed by atoms with Gasteiger partial charge in [-0.25, -0.2) is 0 Å². The minimum Gasteiger partial charge on any atom is -0.326 e. The van der Waals surface area contributed by atoms with Crippen LogP contribution in [0.5, 0.6) is 0 Å². The molecule has 0 atom stereocenters. The van der Waals surface area contributed by atoms with E-state index in [2.05, 4.69) is 15.5 Å². The average Bonchev–Trinajstić information content (AvgIpc) is 2.86. The lowest BCUT2D eigenvalue weighted by atomic mass is 9.95. The van der Waals surface area contributed by atoms with Gasteiger partial charge in [-0.1, -0.05) is 0 Å². The molecule has 0 fully saturated rings. The number of amides is 1. The zero-order valence-corrected chi connectivity index (χ0v) is 12.5. The Morgan fingerprint density at radius 3 is 2.50 bits per heavy atom. The van der Waals surface area contributed by atoms with Crippen molar-refractivity contribution in [3.8, 4) is 11.4 Å². The van der Waals surface area contributed by atoms with Gasteiger partial charge >= 0.3 is 0 Å². The molecule has 1 heterocycles. The van der Waals surface area contributed by atoms with Crippen LogP contribution in [0.1, 0.15) is 13.8 Å². The smallest absolute Gasteiger partial charge is 0.231 e. The Balaban J connectivity index is 2.14. The molecule has 1 amide bonds. The standard InChI is InChI=1S/C14H17ClN4O/c1-14(2,8-15)13(20)17-11-6-4-10(5-7-11)12-18-16-9-19(12)3/h4-7,9H,8H2,1-3H3,(H,17,20). The van der Waals surface area contributed by atoms with E-state index < -0.39 is 5.41 Å². The lowest BCUT2D eigenvalue weighted by Crippen LogP contribution is -2.32. The van der Waals surface area contributed by atoms with Gasteiger partial charge < -0.3 is 9.88 Å². The van der Waals surface area contributed by atoms with E-state index in [0.29, 0.717) is 0 Å². The fraction of sp³-hybridized carbons (Fsp3) is 0.357. The number of halogens is 1. The van der Waals surface area contributed by atoms with Crippen molar-refractivity contribution in [1.29, 1.82) is 0 Å². The summed E-state index contributed by atoms with van der Waals surface area (Å²) < 4.78 is 1.84. The number of nitrogens with zero attached hydrogens (tertiary/aromatic N) is 3. The molecular weight excluding hydrogens is 276 g/mol. The zero-order valence-electron chi connectivity index (χ0n) is 11.7. The maximum atomic E-state index is 12.0. The van der Waals surface area contributed by atoms with Gasteiger partial charge in [-0.3, -0.25) is 4.79 Å². The molecule has 5 nitrogen and oxygen atoms in total. The first kappa shape index (κ1) is 14.5. The van der Waals surface area contributed by atoms with Crippen molar-refractivity contribution >= 4 is 23.2 Å². The number of nitrogens with one attached hydrogen (secondary N) is 1. The predicted octanol–water partition coefficient (Wildman–Crippen LogP) is 2.69. The molecule has 1 aromatic heterocycles. The van der Waals surface area contributed by atoms with Crippen molar-refractivity contribution in [2.24, 2.45) is 12.5 Å². The minimum atomic E-state index is -0.593. The molecule has 0 aliphatic rings. The molecule has 0 bridgehead atoms. The number of aryl methyl sites for hydroxylation is 1. The molecule has 0 aliphatic heterocycles. The molecule has 0 radical (unpaired) electrons. The van der Waals surface area contributed by atoms with E-state index >= 15 is 0 Å². The topological polar surface area (TPSA) is 59.8 Å². The maximum Gasteiger partial charge on any atom is 0.231 e. The molecule has 106 valence electrons. The lowest BCUT2D eigenvalue weighted by molar-refractivity contribution is -0.122. The molecule has 1 aromatic carbocycles. The van der Waals surface area contributed by atoms with E-state index in [0.717, 1.165) is 17.1 Å². The Morgan fingerprint density at radius 1 is 1.35 bits per heavy atom. The van der Waals surface area contributed by atoms with Crippen molar-refractivity contribution in [3.63, 3.8) is 0 Å². The normalized spacial score (nSPS) is 11.4. The minimum absolute atomic E-state index is 0.0982. The number of benzene rings is 1. The van der Waals surface area contributed by atoms with Crippen molar-refractivity contribution in [2.45, 2.75) is 13.8 Å². The molecule has 0 spiro atoms. The summed E-state index contributed by atoms with van der Waals surface area (Å²) in [6.45, 7) is 3.62. The first-order valence-corrected chi connectivity index (χ1v) is 6.79. The van der Waals surface area contributed by atoms with Crippen LogP contribution in [0.15, 0.2) is 30.6 Å². The van der Waals surface area contributed by atoms with Gasteiger partial charge in [0.05, 0.1) is 5.41 Å². The van der Waals surface area contributed by atoms with Crippen molar-refractivity contribution in [3.05, 3.63) is 30.6 Å². The van der Waals surface area contributed by atoms with Crippen LogP contribution in [0.3, 0.4) is 0 Å². The highest BCUT2D eigenvalue weighted by molar-refractivity contribution is 6.20. The summed E-state index contributed by atoms with van der Waals surface area (Å²) in [5, 5.41) is 10.7. The fourth-order valence-corrected chi connectivity index (χ4v) is 1.73. The number of carbonyl (C=O) groups is 1. The highest BCUT2D eigenvalue weighted by atomic mass is 35.5. The van der Waals surface area contributed by atoms with Gasteiger partial charge in [0.25, 0.3) is 0 Å². The van der Waals surface area contributed by atoms with Gasteiger partial charge in [0, 0.05) is 24.2 Å². The average molecular weight is 293 g/mol. The molecule has 0 aliphatic carbocycles. The number of hydrogen-bond acceptors (Lipinski definition) is 3. The van der Waals surface area contributed by atoms with E-state index in [1.54, 1.807) is 6.33 Å². The van der Waals surface area contributed by atoms with Gasteiger partial charge in [-0.05, 0) is 38.1 Å². The van der Waals surface area contributed by atoms with Gasteiger partial charge in [-0.2, -0.15) is 0 Å². The molecule has 0 saturated heterocycles. The number of hydrogen-bond donors (Lipinski definition) is 1. The molecule has 6 heteroatoms. The first-order valence-electron chi connectivity index (χ1n) is 6.26. The summed E-state index contributed by atoms with van der Waals surface area (Å²) >= 11 is 5.79. The van der Waals surface area contributed by atoms with Crippen LogP contribution in [0, 0.1) is 5.41 Å². The third-order valence-corrected chi connectivity index (χ3v) is 3.73. The van der Waals surface area contributed by atoms with Gasteiger partial charge in [0.15, 0.2) is 5.82 Å². The predicted molar refractivity (Wildman–Crippen MR) is 79.6 cm³/mol. The number of anilines is 1. The molecule has 1 N–H and O–H groups in total. The number of alkyl halides is 1. The fourth-order valence-electron chi connectivity index (χ4n) is 1.61. The van der Waals surface area contributed by atoms with Crippen LogP contribution in [0.2, 0.25) is 0 Å². The highest BCUT2D eigenvalue weighted by Gasteiger charge is 2.26. The van der Waals surface area contributed by atoms with Crippen molar-refractivity contribution in [2.75, 3.05) is 11.2 Å². The molecule has 2 rings (SSSR count). The quantitative estimate of drug-likeness (QED) is 0.882. The number of rotatable bonds is 4. The second-order valence-electron chi connectivity index (χ2n) is 5.31. The molecule has 20 heavy (non-hydrogen) atoms.